The number of likely N-dealkylation sites (N-methyl/N-ethyl adjacent to an activating group) is 1. The molecule has 154 valence electrons. The zero-order valence-electron chi connectivity index (χ0n) is 17.6. The van der Waals surface area contributed by atoms with Crippen LogP contribution < -0.4 is 10.6 Å². The van der Waals surface area contributed by atoms with Crippen LogP contribution in [-0.4, -0.2) is 62.1 Å². The first-order valence-electron chi connectivity index (χ1n) is 10.2. The molecule has 0 aromatic rings. The Labute approximate surface area is 160 Å². The SMILES string of the molecule is CCC(C)N(C)CC(=O)NCCCCCCCCNC(=O)COC(C)C. The molecule has 0 saturated heterocycles. The Kier molecular flexibility index (Phi) is 15.4. The van der Waals surface area contributed by atoms with Gasteiger partial charge in [0.05, 0.1) is 12.6 Å². The van der Waals surface area contributed by atoms with Crippen LogP contribution >= 0.6 is 0 Å². The van der Waals surface area contributed by atoms with Crippen LogP contribution in [0.2, 0.25) is 0 Å². The monoisotopic (exact) mass is 371 g/mol. The van der Waals surface area contributed by atoms with Gasteiger partial charge < -0.3 is 15.4 Å². The summed E-state index contributed by atoms with van der Waals surface area (Å²) in [6.45, 7) is 10.2. The molecular formula is C20H41N3O3. The molecule has 0 bridgehead atoms. The molecule has 2 N–H and O–H groups in total. The number of unbranched alkanes of at least 4 members (excludes halogenated alkanes) is 5. The van der Waals surface area contributed by atoms with Crippen molar-refractivity contribution in [3.8, 4) is 0 Å². The highest BCUT2D eigenvalue weighted by molar-refractivity contribution is 5.78. The third-order valence-corrected chi connectivity index (χ3v) is 4.53. The van der Waals surface area contributed by atoms with Crippen LogP contribution in [0.15, 0.2) is 0 Å². The fourth-order valence-corrected chi connectivity index (χ4v) is 2.46. The summed E-state index contributed by atoms with van der Waals surface area (Å²) < 4.78 is 5.25. The summed E-state index contributed by atoms with van der Waals surface area (Å²) in [5.74, 6) is 0.0819. The molecule has 0 aliphatic carbocycles. The zero-order valence-corrected chi connectivity index (χ0v) is 17.6. The summed E-state index contributed by atoms with van der Waals surface area (Å²) in [6.07, 6.45) is 7.78. The Morgan fingerprint density at radius 2 is 1.38 bits per heavy atom. The van der Waals surface area contributed by atoms with E-state index in [0.717, 1.165) is 45.2 Å². The Bertz CT molecular complexity index is 375. The third kappa shape index (κ3) is 15.1. The van der Waals surface area contributed by atoms with Crippen LogP contribution in [0, 0.1) is 0 Å². The number of amides is 2. The molecule has 0 aliphatic rings. The standard InChI is InChI=1S/C20H41N3O3/c1-6-18(4)23(5)15-19(24)21-13-11-9-7-8-10-12-14-22-20(25)16-26-17(2)3/h17-18H,6-16H2,1-5H3,(H,21,24)(H,22,25). The second kappa shape index (κ2) is 16.1. The summed E-state index contributed by atoms with van der Waals surface area (Å²) in [5.41, 5.74) is 0. The summed E-state index contributed by atoms with van der Waals surface area (Å²) in [4.78, 5) is 25.4. The van der Waals surface area contributed by atoms with Crippen molar-refractivity contribution >= 4 is 11.8 Å². The lowest BCUT2D eigenvalue weighted by molar-refractivity contribution is -0.127. The second-order valence-electron chi connectivity index (χ2n) is 7.35. The van der Waals surface area contributed by atoms with E-state index < -0.39 is 0 Å². The summed E-state index contributed by atoms with van der Waals surface area (Å²) in [6, 6.07) is 0.438. The lowest BCUT2D eigenvalue weighted by Crippen LogP contribution is -2.39. The van der Waals surface area contributed by atoms with Gasteiger partial charge in [-0.25, -0.2) is 0 Å². The van der Waals surface area contributed by atoms with E-state index in [2.05, 4.69) is 29.4 Å². The molecule has 6 heteroatoms. The number of ether oxygens (including phenoxy) is 1. The van der Waals surface area contributed by atoms with Crippen LogP contribution in [0.1, 0.15) is 72.6 Å². The van der Waals surface area contributed by atoms with Gasteiger partial charge >= 0.3 is 0 Å². The summed E-state index contributed by atoms with van der Waals surface area (Å²) in [7, 11) is 1.99. The molecule has 2 amide bonds. The minimum absolute atomic E-state index is 0.0339. The van der Waals surface area contributed by atoms with E-state index in [-0.39, 0.29) is 24.5 Å². The average Bonchev–Trinajstić information content (AvgIpc) is 2.60. The van der Waals surface area contributed by atoms with Gasteiger partial charge in [-0.3, -0.25) is 14.5 Å². The molecule has 0 aromatic carbocycles. The van der Waals surface area contributed by atoms with Crippen LogP contribution in [0.25, 0.3) is 0 Å². The number of nitrogens with one attached hydrogen (secondary N) is 2. The molecule has 0 radical (unpaired) electrons. The molecule has 0 rings (SSSR count). The topological polar surface area (TPSA) is 70.7 Å². The molecule has 0 heterocycles. The second-order valence-corrected chi connectivity index (χ2v) is 7.35. The van der Waals surface area contributed by atoms with E-state index in [1.165, 1.54) is 12.8 Å². The number of rotatable bonds is 16. The Morgan fingerprint density at radius 1 is 0.885 bits per heavy atom. The smallest absolute Gasteiger partial charge is 0.246 e. The van der Waals surface area contributed by atoms with Gasteiger partial charge in [0, 0.05) is 19.1 Å². The maximum atomic E-state index is 11.8. The van der Waals surface area contributed by atoms with Crippen molar-refractivity contribution in [2.45, 2.75) is 84.8 Å². The first kappa shape index (κ1) is 24.9. The van der Waals surface area contributed by atoms with E-state index in [1.54, 1.807) is 0 Å². The van der Waals surface area contributed by atoms with Crippen molar-refractivity contribution in [1.82, 2.24) is 15.5 Å². The minimum atomic E-state index is -0.0339. The lowest BCUT2D eigenvalue weighted by Gasteiger charge is -2.22. The largest absolute Gasteiger partial charge is 0.369 e. The van der Waals surface area contributed by atoms with Crippen molar-refractivity contribution < 1.29 is 14.3 Å². The number of carbonyl (C=O) groups is 2. The van der Waals surface area contributed by atoms with E-state index in [4.69, 9.17) is 4.74 Å². The quantitative estimate of drug-likeness (QED) is 0.409. The van der Waals surface area contributed by atoms with Crippen LogP contribution in [0.5, 0.6) is 0 Å². The lowest BCUT2D eigenvalue weighted by atomic mass is 10.1. The van der Waals surface area contributed by atoms with E-state index >= 15 is 0 Å². The average molecular weight is 372 g/mol. The normalized spacial score (nSPS) is 12.4. The molecule has 6 nitrogen and oxygen atoms in total. The van der Waals surface area contributed by atoms with E-state index in [1.807, 2.05) is 20.9 Å². The number of carbonyl (C=O) groups excluding carboxylic acids is 2. The first-order valence-corrected chi connectivity index (χ1v) is 10.2. The molecule has 0 aromatic heterocycles. The van der Waals surface area contributed by atoms with Crippen molar-refractivity contribution in [2.24, 2.45) is 0 Å². The zero-order chi connectivity index (χ0) is 19.8. The van der Waals surface area contributed by atoms with Gasteiger partial charge in [-0.15, -0.1) is 0 Å². The van der Waals surface area contributed by atoms with Gasteiger partial charge in [0.15, 0.2) is 0 Å². The highest BCUT2D eigenvalue weighted by atomic mass is 16.5. The summed E-state index contributed by atoms with van der Waals surface area (Å²) in [5, 5.41) is 5.87. The van der Waals surface area contributed by atoms with Gasteiger partial charge in [0.2, 0.25) is 11.8 Å². The predicted molar refractivity (Wildman–Crippen MR) is 107 cm³/mol. The van der Waals surface area contributed by atoms with Gasteiger partial charge in [-0.05, 0) is 47.1 Å². The molecule has 1 atom stereocenters. The van der Waals surface area contributed by atoms with Crippen molar-refractivity contribution in [2.75, 3.05) is 33.3 Å². The van der Waals surface area contributed by atoms with E-state index in [9.17, 15) is 9.59 Å². The number of hydrogen-bond acceptors (Lipinski definition) is 4. The van der Waals surface area contributed by atoms with Crippen LogP contribution in [-0.2, 0) is 14.3 Å². The van der Waals surface area contributed by atoms with Crippen molar-refractivity contribution in [1.29, 1.82) is 0 Å². The molecule has 1 unspecified atom stereocenters. The van der Waals surface area contributed by atoms with Crippen molar-refractivity contribution in [3.63, 3.8) is 0 Å². The minimum Gasteiger partial charge on any atom is -0.369 e. The van der Waals surface area contributed by atoms with Gasteiger partial charge in [0.25, 0.3) is 0 Å². The molecule has 0 spiro atoms. The van der Waals surface area contributed by atoms with Crippen LogP contribution in [0.4, 0.5) is 0 Å². The van der Waals surface area contributed by atoms with Gasteiger partial charge in [0.1, 0.15) is 6.61 Å². The first-order chi connectivity index (χ1) is 12.4. The van der Waals surface area contributed by atoms with Crippen LogP contribution in [0.3, 0.4) is 0 Å². The molecular weight excluding hydrogens is 330 g/mol. The molecule has 0 aliphatic heterocycles. The van der Waals surface area contributed by atoms with E-state index in [0.29, 0.717) is 12.6 Å². The predicted octanol–water partition coefficient (Wildman–Crippen LogP) is 2.71. The maximum absolute atomic E-state index is 11.8. The molecule has 0 fully saturated rings. The third-order valence-electron chi connectivity index (χ3n) is 4.53. The van der Waals surface area contributed by atoms with Crippen molar-refractivity contribution in [3.05, 3.63) is 0 Å². The Hall–Kier alpha value is -1.14. The van der Waals surface area contributed by atoms with Gasteiger partial charge in [-0.1, -0.05) is 32.6 Å². The number of hydrogen-bond donors (Lipinski definition) is 2. The fourth-order valence-electron chi connectivity index (χ4n) is 2.46. The summed E-state index contributed by atoms with van der Waals surface area (Å²) >= 11 is 0. The molecule has 26 heavy (non-hydrogen) atoms. The fraction of sp³-hybridized carbons (Fsp3) is 0.900. The highest BCUT2D eigenvalue weighted by Crippen LogP contribution is 2.04. The number of nitrogens with zero attached hydrogens (tertiary/aromatic N) is 1. The van der Waals surface area contributed by atoms with Gasteiger partial charge in [-0.2, -0.15) is 0 Å². The highest BCUT2D eigenvalue weighted by Gasteiger charge is 2.10. The Balaban J connectivity index is 3.38. The molecule has 0 saturated carbocycles. The Morgan fingerprint density at radius 3 is 1.88 bits per heavy atom. The maximum Gasteiger partial charge on any atom is 0.246 e.